The van der Waals surface area contributed by atoms with Gasteiger partial charge in [-0.3, -0.25) is 0 Å². The van der Waals surface area contributed by atoms with Gasteiger partial charge in [0.2, 0.25) is 0 Å². The van der Waals surface area contributed by atoms with E-state index in [2.05, 4.69) is 232 Å². The Bertz CT molecular complexity index is 2890. The zero-order valence-corrected chi connectivity index (χ0v) is 47.4. The minimum Gasteiger partial charge on any atom is -0.399 e. The molecule has 0 spiro atoms. The minimum atomic E-state index is -0.369. The topological polar surface area (TPSA) is 73.8 Å². The molecule has 4 atom stereocenters. The Morgan fingerprint density at radius 3 is 0.553 bits per heavy atom. The van der Waals surface area contributed by atoms with Gasteiger partial charge in [0.25, 0.3) is 0 Å². The van der Waals surface area contributed by atoms with Crippen LogP contribution in [-0.4, -0.2) is 73.3 Å². The summed E-state index contributed by atoms with van der Waals surface area (Å²) in [4.78, 5) is 0. The fourth-order valence-electron chi connectivity index (χ4n) is 13.0. The molecule has 10 aliphatic rings. The predicted molar refractivity (Wildman–Crippen MR) is 305 cm³/mol. The molecule has 4 fully saturated rings. The molecule has 12 heteroatoms. The average Bonchev–Trinajstić information content (AvgIpc) is 4.04. The van der Waals surface area contributed by atoms with E-state index in [1.165, 1.54) is 66.8 Å². The molecular formula is C64H72B4O8. The predicted octanol–water partition coefficient (Wildman–Crippen LogP) is 10.5. The SMILES string of the molecule is CC1(C)OB(c2ccc3c(c2)C2c4ccccc4C3c3cc(B4OC(C)(C)C(C)(C)O4)ccc32)OC1(C)C.CC1(C)OB(c2ccc3c(c2)C2c4ccccc4C3c3cc(B4OC(C)(C)C(C)(C)O4)ccc32)OC1(C)C. The molecule has 6 aromatic carbocycles. The van der Waals surface area contributed by atoms with Crippen LogP contribution in [0.4, 0.5) is 0 Å². The molecule has 4 bridgehead atoms. The third kappa shape index (κ3) is 7.37. The van der Waals surface area contributed by atoms with Gasteiger partial charge < -0.3 is 37.2 Å². The van der Waals surface area contributed by atoms with Crippen LogP contribution in [0.15, 0.2) is 121 Å². The summed E-state index contributed by atoms with van der Waals surface area (Å²) >= 11 is 0. The van der Waals surface area contributed by atoms with Gasteiger partial charge in [-0.1, -0.05) is 121 Å². The van der Waals surface area contributed by atoms with Crippen molar-refractivity contribution < 1.29 is 37.2 Å². The second-order valence-electron chi connectivity index (χ2n) is 26.9. The number of rotatable bonds is 4. The summed E-state index contributed by atoms with van der Waals surface area (Å²) in [6.45, 7) is 33.7. The van der Waals surface area contributed by atoms with E-state index in [1.807, 2.05) is 0 Å². The highest BCUT2D eigenvalue weighted by atomic mass is 16.7. The van der Waals surface area contributed by atoms with Gasteiger partial charge in [0.15, 0.2) is 0 Å². The maximum atomic E-state index is 6.42. The molecule has 4 saturated heterocycles. The standard InChI is InChI=1S/2C32H36B2O4/c2*1-29(2)30(3,4)36-33(35-29)19-13-15-23-25(17-19)27-21-11-9-10-12-22(21)28(23)26-18-20(14-16-24(26)27)34-37-31(5,6)32(7,8)38-34/h2*9-18,27-28H,1-8H3. The van der Waals surface area contributed by atoms with Crippen molar-refractivity contribution in [3.8, 4) is 0 Å². The van der Waals surface area contributed by atoms with Crippen molar-refractivity contribution in [2.24, 2.45) is 0 Å². The smallest absolute Gasteiger partial charge is 0.399 e. The van der Waals surface area contributed by atoms with Gasteiger partial charge in [-0.15, -0.1) is 0 Å². The van der Waals surface area contributed by atoms with Gasteiger partial charge in [-0.25, -0.2) is 0 Å². The zero-order valence-electron chi connectivity index (χ0n) is 47.4. The maximum Gasteiger partial charge on any atom is 0.494 e. The van der Waals surface area contributed by atoms with Crippen LogP contribution in [0, 0.1) is 0 Å². The second-order valence-corrected chi connectivity index (χ2v) is 26.9. The highest BCUT2D eigenvalue weighted by molar-refractivity contribution is 6.63. The Morgan fingerprint density at radius 1 is 0.224 bits per heavy atom. The summed E-state index contributed by atoms with van der Waals surface area (Å²) in [6.07, 6.45) is 0. The van der Waals surface area contributed by atoms with Crippen molar-refractivity contribution in [2.75, 3.05) is 0 Å². The largest absolute Gasteiger partial charge is 0.494 e. The lowest BCUT2D eigenvalue weighted by molar-refractivity contribution is 0.00578. The van der Waals surface area contributed by atoms with Crippen LogP contribution in [0.3, 0.4) is 0 Å². The zero-order chi connectivity index (χ0) is 53.7. The van der Waals surface area contributed by atoms with Crippen LogP contribution in [0.25, 0.3) is 0 Å². The van der Waals surface area contributed by atoms with Crippen LogP contribution in [-0.2, 0) is 37.2 Å². The van der Waals surface area contributed by atoms with Crippen molar-refractivity contribution in [3.05, 3.63) is 188 Å². The van der Waals surface area contributed by atoms with E-state index < -0.39 is 0 Å². The highest BCUT2D eigenvalue weighted by Crippen LogP contribution is 2.57. The van der Waals surface area contributed by atoms with Crippen LogP contribution < -0.4 is 21.9 Å². The average molecular weight is 1010 g/mol. The molecule has 0 radical (unpaired) electrons. The van der Waals surface area contributed by atoms with E-state index in [-0.39, 0.29) is 97.0 Å². The van der Waals surface area contributed by atoms with E-state index >= 15 is 0 Å². The van der Waals surface area contributed by atoms with Crippen molar-refractivity contribution >= 4 is 50.3 Å². The molecule has 0 saturated carbocycles. The molecule has 0 amide bonds. The summed E-state index contributed by atoms with van der Waals surface area (Å²) in [5.41, 5.74) is 17.9. The third-order valence-corrected chi connectivity index (χ3v) is 20.3. The van der Waals surface area contributed by atoms with E-state index in [0.717, 1.165) is 21.9 Å². The van der Waals surface area contributed by atoms with Gasteiger partial charge in [0, 0.05) is 23.7 Å². The quantitative estimate of drug-likeness (QED) is 0.162. The number of hydrogen-bond donors (Lipinski definition) is 0. The normalized spacial score (nSPS) is 26.7. The van der Waals surface area contributed by atoms with E-state index in [4.69, 9.17) is 37.2 Å². The number of hydrogen-bond acceptors (Lipinski definition) is 8. The van der Waals surface area contributed by atoms with E-state index in [1.54, 1.807) is 0 Å². The Kier molecular flexibility index (Phi) is 11.0. The molecule has 0 aromatic heterocycles. The first kappa shape index (κ1) is 50.7. The molecule has 76 heavy (non-hydrogen) atoms. The Balaban J connectivity index is 0.000000146. The van der Waals surface area contributed by atoms with E-state index in [9.17, 15) is 0 Å². The first-order valence-corrected chi connectivity index (χ1v) is 27.7. The summed E-state index contributed by atoms with van der Waals surface area (Å²) in [7, 11) is -1.48. The van der Waals surface area contributed by atoms with Crippen molar-refractivity contribution in [2.45, 2.75) is 179 Å². The molecule has 16 rings (SSSR count). The third-order valence-electron chi connectivity index (χ3n) is 20.3. The molecule has 4 heterocycles. The maximum absolute atomic E-state index is 6.42. The van der Waals surface area contributed by atoms with Crippen LogP contribution in [0.5, 0.6) is 0 Å². The Labute approximate surface area is 452 Å². The molecule has 4 unspecified atom stereocenters. The summed E-state index contributed by atoms with van der Waals surface area (Å²) in [6, 6.07) is 45.1. The lowest BCUT2D eigenvalue weighted by Gasteiger charge is -2.42. The fraction of sp³-hybridized carbons (Fsp3) is 0.438. The van der Waals surface area contributed by atoms with Gasteiger partial charge in [0.1, 0.15) is 0 Å². The number of benzene rings is 6. The van der Waals surface area contributed by atoms with Crippen LogP contribution >= 0.6 is 0 Å². The first-order chi connectivity index (χ1) is 35.6. The van der Waals surface area contributed by atoms with Gasteiger partial charge in [-0.2, -0.15) is 0 Å². The molecule has 6 aromatic rings. The fourth-order valence-corrected chi connectivity index (χ4v) is 13.0. The van der Waals surface area contributed by atoms with E-state index in [0.29, 0.717) is 0 Å². The Hall–Kier alpha value is -4.74. The van der Waals surface area contributed by atoms with Crippen molar-refractivity contribution in [3.63, 3.8) is 0 Å². The van der Waals surface area contributed by atoms with Gasteiger partial charge in [0.05, 0.1) is 44.8 Å². The summed E-state index contributed by atoms with van der Waals surface area (Å²) < 4.78 is 51.3. The first-order valence-electron chi connectivity index (χ1n) is 27.7. The monoisotopic (exact) mass is 1010 g/mol. The van der Waals surface area contributed by atoms with Crippen LogP contribution in [0.2, 0.25) is 0 Å². The molecule has 388 valence electrons. The lowest BCUT2D eigenvalue weighted by Crippen LogP contribution is -2.41. The second kappa shape index (κ2) is 16.4. The summed E-state index contributed by atoms with van der Waals surface area (Å²) in [5.74, 6) is 0.707. The Morgan fingerprint density at radius 2 is 0.382 bits per heavy atom. The molecular weight excluding hydrogens is 940 g/mol. The summed E-state index contributed by atoms with van der Waals surface area (Å²) in [5, 5.41) is 0. The lowest BCUT2D eigenvalue weighted by atomic mass is 9.59. The minimum absolute atomic E-state index is 0.177. The molecule has 8 nitrogen and oxygen atoms in total. The van der Waals surface area contributed by atoms with Gasteiger partial charge >= 0.3 is 28.5 Å². The molecule has 0 N–H and O–H groups in total. The van der Waals surface area contributed by atoms with Crippen molar-refractivity contribution in [1.29, 1.82) is 0 Å². The van der Waals surface area contributed by atoms with Gasteiger partial charge in [-0.05, 0) is 199 Å². The highest BCUT2D eigenvalue weighted by Gasteiger charge is 2.56. The van der Waals surface area contributed by atoms with Crippen molar-refractivity contribution in [1.82, 2.24) is 0 Å². The molecule has 4 aliphatic heterocycles. The molecule has 6 aliphatic carbocycles. The van der Waals surface area contributed by atoms with Crippen LogP contribution in [0.1, 0.15) is 201 Å².